The lowest BCUT2D eigenvalue weighted by atomic mass is 10.00. The van der Waals surface area contributed by atoms with Crippen molar-refractivity contribution >= 4 is 27.4 Å². The van der Waals surface area contributed by atoms with Gasteiger partial charge in [0.2, 0.25) is 0 Å². The van der Waals surface area contributed by atoms with E-state index in [0.717, 1.165) is 31.0 Å². The second-order valence-electron chi connectivity index (χ2n) is 6.20. The molecule has 1 aliphatic rings. The van der Waals surface area contributed by atoms with Gasteiger partial charge in [0, 0.05) is 43.9 Å². The van der Waals surface area contributed by atoms with Crippen LogP contribution in [0.3, 0.4) is 0 Å². The van der Waals surface area contributed by atoms with Crippen molar-refractivity contribution in [2.45, 2.75) is 26.3 Å². The Labute approximate surface area is 133 Å². The van der Waals surface area contributed by atoms with Crippen molar-refractivity contribution in [3.05, 3.63) is 36.0 Å². The molecule has 5 nitrogen and oxygen atoms in total. The number of rotatable bonds is 4. The first-order valence-corrected chi connectivity index (χ1v) is 8.54. The lowest BCUT2D eigenvalue weighted by Crippen LogP contribution is -2.49. The third kappa shape index (κ3) is 2.27. The van der Waals surface area contributed by atoms with Gasteiger partial charge in [-0.3, -0.25) is 0 Å². The van der Waals surface area contributed by atoms with Crippen LogP contribution < -0.4 is 4.90 Å². The van der Waals surface area contributed by atoms with E-state index < -0.39 is 0 Å². The summed E-state index contributed by atoms with van der Waals surface area (Å²) in [5, 5.41) is 2.08. The van der Waals surface area contributed by atoms with Gasteiger partial charge >= 0.3 is 0 Å². The van der Waals surface area contributed by atoms with Gasteiger partial charge in [-0.2, -0.15) is 0 Å². The van der Waals surface area contributed by atoms with Crippen LogP contribution in [0.4, 0.5) is 5.82 Å². The maximum absolute atomic E-state index is 4.48. The van der Waals surface area contributed by atoms with Gasteiger partial charge in [-0.25, -0.2) is 15.0 Å². The maximum atomic E-state index is 4.48. The highest BCUT2D eigenvalue weighted by molar-refractivity contribution is 7.17. The van der Waals surface area contributed by atoms with Crippen LogP contribution in [0.15, 0.2) is 30.2 Å². The fourth-order valence-electron chi connectivity index (χ4n) is 3.11. The molecule has 3 aromatic rings. The standard InChI is InChI=1S/C16H19N5S/c1-11(2)15-17-4-5-20(15)7-12-8-21(9-12)16-14-13(3-6-22-14)18-10-19-16/h3-6,10-12H,7-9H2,1-2H3. The Kier molecular flexibility index (Phi) is 3.33. The molecule has 0 unspecified atom stereocenters. The van der Waals surface area contributed by atoms with Gasteiger partial charge in [0.15, 0.2) is 0 Å². The minimum absolute atomic E-state index is 0.471. The monoisotopic (exact) mass is 313 g/mol. The van der Waals surface area contributed by atoms with Crippen LogP contribution in [-0.4, -0.2) is 32.6 Å². The molecule has 22 heavy (non-hydrogen) atoms. The number of nitrogens with zero attached hydrogens (tertiary/aromatic N) is 5. The summed E-state index contributed by atoms with van der Waals surface area (Å²) < 4.78 is 3.50. The molecule has 0 aromatic carbocycles. The van der Waals surface area contributed by atoms with Gasteiger partial charge in [0.1, 0.15) is 18.0 Å². The van der Waals surface area contributed by atoms with E-state index in [2.05, 4.69) is 55.9 Å². The van der Waals surface area contributed by atoms with Crippen molar-refractivity contribution in [1.29, 1.82) is 0 Å². The van der Waals surface area contributed by atoms with Crippen LogP contribution in [0, 0.1) is 5.92 Å². The minimum Gasteiger partial charge on any atom is -0.354 e. The fraction of sp³-hybridized carbons (Fsp3) is 0.438. The van der Waals surface area contributed by atoms with Crippen LogP contribution >= 0.6 is 11.3 Å². The smallest absolute Gasteiger partial charge is 0.150 e. The Morgan fingerprint density at radius 3 is 2.95 bits per heavy atom. The summed E-state index contributed by atoms with van der Waals surface area (Å²) in [6, 6.07) is 2.06. The van der Waals surface area contributed by atoms with Crippen molar-refractivity contribution in [1.82, 2.24) is 19.5 Å². The SMILES string of the molecule is CC(C)c1nccn1CC1CN(c2ncnc3ccsc23)C1. The average Bonchev–Trinajstić information content (AvgIpc) is 3.10. The molecule has 1 saturated heterocycles. The molecule has 1 aliphatic heterocycles. The first kappa shape index (κ1) is 13.7. The number of anilines is 1. The average molecular weight is 313 g/mol. The van der Waals surface area contributed by atoms with Crippen LogP contribution in [0.2, 0.25) is 0 Å². The Morgan fingerprint density at radius 1 is 1.27 bits per heavy atom. The number of imidazole rings is 1. The van der Waals surface area contributed by atoms with E-state index in [0.29, 0.717) is 11.8 Å². The van der Waals surface area contributed by atoms with Gasteiger partial charge in [-0.15, -0.1) is 11.3 Å². The third-order valence-electron chi connectivity index (χ3n) is 4.20. The molecular weight excluding hydrogens is 294 g/mol. The summed E-state index contributed by atoms with van der Waals surface area (Å²) in [6.45, 7) is 7.54. The van der Waals surface area contributed by atoms with Crippen molar-refractivity contribution in [2.24, 2.45) is 5.92 Å². The third-order valence-corrected chi connectivity index (χ3v) is 5.10. The van der Waals surface area contributed by atoms with E-state index in [4.69, 9.17) is 0 Å². The molecule has 0 aliphatic carbocycles. The van der Waals surface area contributed by atoms with E-state index in [1.54, 1.807) is 17.7 Å². The molecule has 0 amide bonds. The Bertz CT molecular complexity index is 785. The zero-order valence-corrected chi connectivity index (χ0v) is 13.6. The molecule has 3 aromatic heterocycles. The van der Waals surface area contributed by atoms with Crippen LogP contribution in [0.5, 0.6) is 0 Å². The Balaban J connectivity index is 1.46. The molecule has 0 spiro atoms. The van der Waals surface area contributed by atoms with Crippen LogP contribution in [0.25, 0.3) is 10.2 Å². The summed E-state index contributed by atoms with van der Waals surface area (Å²) in [7, 11) is 0. The van der Waals surface area contributed by atoms with Gasteiger partial charge in [-0.05, 0) is 11.4 Å². The number of hydrogen-bond acceptors (Lipinski definition) is 5. The molecule has 6 heteroatoms. The molecule has 114 valence electrons. The highest BCUT2D eigenvalue weighted by Gasteiger charge is 2.30. The quantitative estimate of drug-likeness (QED) is 0.742. The maximum Gasteiger partial charge on any atom is 0.150 e. The van der Waals surface area contributed by atoms with Gasteiger partial charge in [0.25, 0.3) is 0 Å². The second kappa shape index (κ2) is 5.35. The molecule has 4 rings (SSSR count). The number of fused-ring (bicyclic) bond motifs is 1. The summed E-state index contributed by atoms with van der Waals surface area (Å²) in [6.07, 6.45) is 5.68. The summed E-state index contributed by atoms with van der Waals surface area (Å²) in [5.74, 6) is 3.41. The van der Waals surface area contributed by atoms with Crippen LogP contribution in [-0.2, 0) is 6.54 Å². The van der Waals surface area contributed by atoms with Crippen LogP contribution in [0.1, 0.15) is 25.6 Å². The summed E-state index contributed by atoms with van der Waals surface area (Å²) in [5.41, 5.74) is 1.05. The minimum atomic E-state index is 0.471. The van der Waals surface area contributed by atoms with Crippen molar-refractivity contribution in [2.75, 3.05) is 18.0 Å². The molecule has 0 atom stereocenters. The first-order chi connectivity index (χ1) is 10.7. The predicted molar refractivity (Wildman–Crippen MR) is 89.4 cm³/mol. The number of hydrogen-bond donors (Lipinski definition) is 0. The molecular formula is C16H19N5S. The second-order valence-corrected chi connectivity index (χ2v) is 7.11. The van der Waals surface area contributed by atoms with Crippen molar-refractivity contribution in [3.63, 3.8) is 0 Å². The molecule has 0 bridgehead atoms. The summed E-state index contributed by atoms with van der Waals surface area (Å²) in [4.78, 5) is 15.6. The lowest BCUT2D eigenvalue weighted by molar-refractivity contribution is 0.349. The van der Waals surface area contributed by atoms with E-state index in [9.17, 15) is 0 Å². The predicted octanol–water partition coefficient (Wildman–Crippen LogP) is 3.15. The van der Waals surface area contributed by atoms with E-state index >= 15 is 0 Å². The fourth-order valence-corrected chi connectivity index (χ4v) is 3.98. The largest absolute Gasteiger partial charge is 0.354 e. The normalized spacial score (nSPS) is 15.7. The lowest BCUT2D eigenvalue weighted by Gasteiger charge is -2.40. The topological polar surface area (TPSA) is 46.8 Å². The first-order valence-electron chi connectivity index (χ1n) is 7.66. The number of aromatic nitrogens is 4. The zero-order valence-electron chi connectivity index (χ0n) is 12.8. The van der Waals surface area contributed by atoms with Gasteiger partial charge in [-0.1, -0.05) is 13.8 Å². The number of thiophene rings is 1. The Morgan fingerprint density at radius 2 is 2.14 bits per heavy atom. The highest BCUT2D eigenvalue weighted by atomic mass is 32.1. The molecule has 0 saturated carbocycles. The van der Waals surface area contributed by atoms with Crippen molar-refractivity contribution < 1.29 is 0 Å². The van der Waals surface area contributed by atoms with E-state index in [-0.39, 0.29) is 0 Å². The Hall–Kier alpha value is -1.95. The molecule has 4 heterocycles. The van der Waals surface area contributed by atoms with Gasteiger partial charge in [0.05, 0.1) is 10.2 Å². The summed E-state index contributed by atoms with van der Waals surface area (Å²) >= 11 is 1.72. The van der Waals surface area contributed by atoms with E-state index in [1.165, 1.54) is 10.5 Å². The molecule has 0 N–H and O–H groups in total. The van der Waals surface area contributed by atoms with Crippen molar-refractivity contribution in [3.8, 4) is 0 Å². The molecule has 0 radical (unpaired) electrons. The highest BCUT2D eigenvalue weighted by Crippen LogP contribution is 2.32. The molecule has 1 fully saturated rings. The zero-order chi connectivity index (χ0) is 15.1. The van der Waals surface area contributed by atoms with Gasteiger partial charge < -0.3 is 9.47 Å². The van der Waals surface area contributed by atoms with E-state index in [1.807, 2.05) is 6.20 Å².